The normalized spacial score (nSPS) is 18.0. The first-order valence-electron chi connectivity index (χ1n) is 5.57. The molecule has 1 saturated heterocycles. The highest BCUT2D eigenvalue weighted by Gasteiger charge is 2.25. The molecule has 1 aliphatic rings. The standard InChI is InChI=1S/C11H14BrClN2O2S/c12-9-18(16,17)15-7-5-14(6-8-15)11-3-1-10(13)2-4-11/h1-4H,5-9H2. The van der Waals surface area contributed by atoms with Crippen LogP contribution in [0.2, 0.25) is 5.02 Å². The summed E-state index contributed by atoms with van der Waals surface area (Å²) in [7, 11) is -3.13. The summed E-state index contributed by atoms with van der Waals surface area (Å²) in [6.45, 7) is 2.45. The molecule has 100 valence electrons. The molecule has 0 bridgehead atoms. The van der Waals surface area contributed by atoms with E-state index in [1.54, 1.807) is 0 Å². The lowest BCUT2D eigenvalue weighted by atomic mass is 10.2. The van der Waals surface area contributed by atoms with E-state index >= 15 is 0 Å². The van der Waals surface area contributed by atoms with Crippen LogP contribution in [0.25, 0.3) is 0 Å². The number of sulfonamides is 1. The first-order valence-corrected chi connectivity index (χ1v) is 8.68. The summed E-state index contributed by atoms with van der Waals surface area (Å²) in [4.78, 5) is 2.16. The van der Waals surface area contributed by atoms with Gasteiger partial charge in [0, 0.05) is 36.9 Å². The fraction of sp³-hybridized carbons (Fsp3) is 0.455. The second-order valence-corrected chi connectivity index (χ2v) is 7.79. The molecule has 0 saturated carbocycles. The maximum atomic E-state index is 11.7. The first kappa shape index (κ1) is 14.1. The smallest absolute Gasteiger partial charge is 0.224 e. The van der Waals surface area contributed by atoms with E-state index in [4.69, 9.17) is 11.6 Å². The summed E-state index contributed by atoms with van der Waals surface area (Å²) >= 11 is 8.86. The van der Waals surface area contributed by atoms with E-state index in [1.165, 1.54) is 4.31 Å². The van der Waals surface area contributed by atoms with Crippen LogP contribution < -0.4 is 4.90 Å². The van der Waals surface area contributed by atoms with Gasteiger partial charge in [-0.05, 0) is 24.3 Å². The van der Waals surface area contributed by atoms with Crippen molar-refractivity contribution in [3.63, 3.8) is 0 Å². The largest absolute Gasteiger partial charge is 0.369 e. The lowest BCUT2D eigenvalue weighted by Gasteiger charge is -2.35. The number of halogens is 2. The van der Waals surface area contributed by atoms with Gasteiger partial charge in [-0.25, -0.2) is 8.42 Å². The monoisotopic (exact) mass is 352 g/mol. The first-order chi connectivity index (χ1) is 8.53. The number of rotatable bonds is 3. The van der Waals surface area contributed by atoms with Crippen molar-refractivity contribution in [2.75, 3.05) is 35.7 Å². The predicted octanol–water partition coefficient (Wildman–Crippen LogP) is 2.14. The molecule has 0 atom stereocenters. The Morgan fingerprint density at radius 2 is 1.67 bits per heavy atom. The van der Waals surface area contributed by atoms with Gasteiger partial charge < -0.3 is 4.90 Å². The molecule has 0 spiro atoms. The van der Waals surface area contributed by atoms with Crippen LogP contribution in [0.4, 0.5) is 5.69 Å². The minimum Gasteiger partial charge on any atom is -0.369 e. The highest BCUT2D eigenvalue weighted by molar-refractivity contribution is 9.10. The van der Waals surface area contributed by atoms with Gasteiger partial charge in [-0.15, -0.1) is 0 Å². The van der Waals surface area contributed by atoms with Gasteiger partial charge in [0.25, 0.3) is 0 Å². The maximum absolute atomic E-state index is 11.7. The van der Waals surface area contributed by atoms with Crippen LogP contribution >= 0.6 is 27.5 Å². The molecule has 1 aromatic carbocycles. The van der Waals surface area contributed by atoms with Gasteiger partial charge in [-0.1, -0.05) is 27.5 Å². The summed E-state index contributed by atoms with van der Waals surface area (Å²) in [5.74, 6) is 0. The quantitative estimate of drug-likeness (QED) is 0.782. The molecule has 7 heteroatoms. The average molecular weight is 354 g/mol. The zero-order valence-electron chi connectivity index (χ0n) is 9.72. The van der Waals surface area contributed by atoms with Gasteiger partial charge in [-0.3, -0.25) is 0 Å². The van der Waals surface area contributed by atoms with Crippen LogP contribution in [0.1, 0.15) is 0 Å². The van der Waals surface area contributed by atoms with E-state index in [9.17, 15) is 8.42 Å². The molecule has 1 heterocycles. The van der Waals surface area contributed by atoms with E-state index < -0.39 is 10.0 Å². The Balaban J connectivity index is 2.01. The minimum absolute atomic E-state index is 0.0130. The molecule has 0 N–H and O–H groups in total. The minimum atomic E-state index is -3.13. The van der Waals surface area contributed by atoms with Crippen molar-refractivity contribution in [1.82, 2.24) is 4.31 Å². The van der Waals surface area contributed by atoms with Crippen molar-refractivity contribution in [3.8, 4) is 0 Å². The molecule has 0 radical (unpaired) electrons. The molecular weight excluding hydrogens is 340 g/mol. The Morgan fingerprint density at radius 3 is 2.17 bits per heavy atom. The van der Waals surface area contributed by atoms with E-state index in [2.05, 4.69) is 20.8 Å². The Bertz CT molecular complexity index is 498. The summed E-state index contributed by atoms with van der Waals surface area (Å²) in [6, 6.07) is 7.60. The zero-order chi connectivity index (χ0) is 13.2. The molecule has 4 nitrogen and oxygen atoms in total. The van der Waals surface area contributed by atoms with Crippen LogP contribution in [-0.2, 0) is 10.0 Å². The second-order valence-electron chi connectivity index (χ2n) is 4.08. The molecule has 0 aromatic heterocycles. The number of anilines is 1. The van der Waals surface area contributed by atoms with Gasteiger partial charge in [0.15, 0.2) is 0 Å². The van der Waals surface area contributed by atoms with Gasteiger partial charge in [0.05, 0.1) is 0 Å². The van der Waals surface area contributed by atoms with Gasteiger partial charge in [0.2, 0.25) is 10.0 Å². The third-order valence-corrected chi connectivity index (χ3v) is 6.38. The van der Waals surface area contributed by atoms with Crippen LogP contribution in [-0.4, -0.2) is 43.6 Å². The summed E-state index contributed by atoms with van der Waals surface area (Å²) in [6.07, 6.45) is 0. The molecule has 18 heavy (non-hydrogen) atoms. The van der Waals surface area contributed by atoms with Crippen molar-refractivity contribution in [2.45, 2.75) is 0 Å². The van der Waals surface area contributed by atoms with E-state index in [0.29, 0.717) is 31.2 Å². The molecule has 0 unspecified atom stereocenters. The number of nitrogens with zero attached hydrogens (tertiary/aromatic N) is 2. The van der Waals surface area contributed by atoms with Crippen LogP contribution in [0.3, 0.4) is 0 Å². The molecule has 1 aliphatic heterocycles. The zero-order valence-corrected chi connectivity index (χ0v) is 12.9. The number of benzene rings is 1. The van der Waals surface area contributed by atoms with Gasteiger partial charge in [-0.2, -0.15) is 4.31 Å². The Morgan fingerprint density at radius 1 is 1.11 bits per heavy atom. The van der Waals surface area contributed by atoms with Crippen molar-refractivity contribution >= 4 is 43.2 Å². The van der Waals surface area contributed by atoms with Crippen molar-refractivity contribution in [2.24, 2.45) is 0 Å². The summed E-state index contributed by atoms with van der Waals surface area (Å²) in [5.41, 5.74) is 1.08. The topological polar surface area (TPSA) is 40.6 Å². The molecule has 1 aromatic rings. The van der Waals surface area contributed by atoms with E-state index in [0.717, 1.165) is 5.69 Å². The molecule has 2 rings (SSSR count). The highest BCUT2D eigenvalue weighted by atomic mass is 79.9. The SMILES string of the molecule is O=S(=O)(CBr)N1CCN(c2ccc(Cl)cc2)CC1. The predicted molar refractivity (Wildman–Crippen MR) is 78.0 cm³/mol. The average Bonchev–Trinajstić information content (AvgIpc) is 2.40. The third-order valence-electron chi connectivity index (χ3n) is 2.96. The van der Waals surface area contributed by atoms with Crippen LogP contribution in [0.5, 0.6) is 0 Å². The maximum Gasteiger partial charge on any atom is 0.224 e. The third kappa shape index (κ3) is 3.17. The number of alkyl halides is 1. The van der Waals surface area contributed by atoms with Crippen LogP contribution in [0.15, 0.2) is 24.3 Å². The summed E-state index contributed by atoms with van der Waals surface area (Å²) < 4.78 is 24.9. The van der Waals surface area contributed by atoms with Crippen molar-refractivity contribution < 1.29 is 8.42 Å². The fourth-order valence-corrected chi connectivity index (χ4v) is 3.80. The Kier molecular flexibility index (Phi) is 4.53. The Labute approximate surface area is 121 Å². The van der Waals surface area contributed by atoms with Gasteiger partial charge >= 0.3 is 0 Å². The highest BCUT2D eigenvalue weighted by Crippen LogP contribution is 2.20. The van der Waals surface area contributed by atoms with Crippen molar-refractivity contribution in [3.05, 3.63) is 29.3 Å². The Hall–Kier alpha value is -0.300. The lowest BCUT2D eigenvalue weighted by Crippen LogP contribution is -2.48. The van der Waals surface area contributed by atoms with Crippen LogP contribution in [0, 0.1) is 0 Å². The van der Waals surface area contributed by atoms with Gasteiger partial charge in [0.1, 0.15) is 4.66 Å². The van der Waals surface area contributed by atoms with Crippen molar-refractivity contribution in [1.29, 1.82) is 0 Å². The fourth-order valence-electron chi connectivity index (χ4n) is 1.95. The molecule has 0 aliphatic carbocycles. The van der Waals surface area contributed by atoms with E-state index in [1.807, 2.05) is 24.3 Å². The molecular formula is C11H14BrClN2O2S. The molecule has 1 fully saturated rings. The lowest BCUT2D eigenvalue weighted by molar-refractivity contribution is 0.387. The molecule has 0 amide bonds. The summed E-state index contributed by atoms with van der Waals surface area (Å²) in [5, 5.41) is 0.708. The number of hydrogen-bond acceptors (Lipinski definition) is 3. The second kappa shape index (κ2) is 5.77. The number of piperazine rings is 1. The van der Waals surface area contributed by atoms with E-state index in [-0.39, 0.29) is 4.66 Å². The number of hydrogen-bond donors (Lipinski definition) is 0.